The standard InChI is InChI=1S/C16H14F3N3O2S.C6H6ClN.ClH/c1-10-13(20-7-6-14(10)24-9-16(17,18)19)8-25(23)15-21-11-4-2-3-5-12(11)22-15;7-5-6-3-1-2-4-8-6;/h2-7H,8-9H2,1H3,(H,21,22);1-4H,5H2;1H. The van der Waals surface area contributed by atoms with E-state index in [1.807, 2.05) is 36.4 Å². The van der Waals surface area contributed by atoms with Gasteiger partial charge in [0.05, 0.1) is 44.9 Å². The maximum atomic E-state index is 12.5. The monoisotopic (exact) mass is 532 g/mol. The molecular weight excluding hydrogens is 512 g/mol. The second-order valence-electron chi connectivity index (χ2n) is 6.79. The van der Waals surface area contributed by atoms with Crippen molar-refractivity contribution < 1.29 is 22.1 Å². The summed E-state index contributed by atoms with van der Waals surface area (Å²) in [6.07, 6.45) is -1.35. The lowest BCUT2D eigenvalue weighted by molar-refractivity contribution is -0.153. The molecule has 0 aliphatic heterocycles. The zero-order valence-corrected chi connectivity index (χ0v) is 20.3. The first-order valence-electron chi connectivity index (χ1n) is 9.70. The largest absolute Gasteiger partial charge is 0.484 e. The number of imidazole rings is 1. The number of benzene rings is 1. The van der Waals surface area contributed by atoms with Crippen molar-refractivity contribution in [1.29, 1.82) is 0 Å². The van der Waals surface area contributed by atoms with E-state index in [0.717, 1.165) is 11.2 Å². The summed E-state index contributed by atoms with van der Waals surface area (Å²) in [5.41, 5.74) is 3.21. The maximum absolute atomic E-state index is 12.5. The van der Waals surface area contributed by atoms with Crippen LogP contribution in [0.3, 0.4) is 0 Å². The van der Waals surface area contributed by atoms with E-state index in [1.165, 1.54) is 12.3 Å². The summed E-state index contributed by atoms with van der Waals surface area (Å²) in [6, 6.07) is 14.3. The third-order valence-corrected chi connectivity index (χ3v) is 5.80. The van der Waals surface area contributed by atoms with Gasteiger partial charge in [-0.1, -0.05) is 18.2 Å². The summed E-state index contributed by atoms with van der Waals surface area (Å²) in [5.74, 6) is 0.597. The van der Waals surface area contributed by atoms with Crippen molar-refractivity contribution in [2.24, 2.45) is 0 Å². The Labute approximate surface area is 207 Å². The SMILES string of the molecule is Cc1c(OCC(F)(F)F)ccnc1CS(=O)c1nc2ccccc2[nH]1.Cl.ClCc1ccccn1. The van der Waals surface area contributed by atoms with Crippen molar-refractivity contribution in [2.45, 2.75) is 29.9 Å². The summed E-state index contributed by atoms with van der Waals surface area (Å²) >= 11 is 5.46. The number of hydrogen-bond donors (Lipinski definition) is 1. The quantitative estimate of drug-likeness (QED) is 0.319. The zero-order chi connectivity index (χ0) is 23.8. The lowest BCUT2D eigenvalue weighted by Gasteiger charge is -2.13. The second kappa shape index (κ2) is 12.7. The van der Waals surface area contributed by atoms with Gasteiger partial charge in [-0.05, 0) is 37.3 Å². The van der Waals surface area contributed by atoms with E-state index < -0.39 is 23.6 Å². The summed E-state index contributed by atoms with van der Waals surface area (Å²) in [7, 11) is -1.51. The van der Waals surface area contributed by atoms with Crippen molar-refractivity contribution in [3.63, 3.8) is 0 Å². The number of rotatable bonds is 6. The molecule has 34 heavy (non-hydrogen) atoms. The molecule has 1 atom stereocenters. The first kappa shape index (κ1) is 27.6. The molecule has 0 amide bonds. The van der Waals surface area contributed by atoms with Crippen LogP contribution < -0.4 is 4.74 Å². The van der Waals surface area contributed by atoms with Crippen LogP contribution in [-0.4, -0.2) is 36.9 Å². The number of halogens is 5. The minimum atomic E-state index is -4.42. The topological polar surface area (TPSA) is 80.8 Å². The van der Waals surface area contributed by atoms with Crippen LogP contribution in [0.25, 0.3) is 11.0 Å². The normalized spacial score (nSPS) is 11.8. The predicted octanol–water partition coefficient (Wildman–Crippen LogP) is 5.76. The molecule has 0 radical (unpaired) electrons. The van der Waals surface area contributed by atoms with Gasteiger partial charge in [-0.15, -0.1) is 24.0 Å². The Hall–Kier alpha value is -2.69. The van der Waals surface area contributed by atoms with E-state index in [2.05, 4.69) is 19.9 Å². The Morgan fingerprint density at radius 3 is 2.41 bits per heavy atom. The fourth-order valence-electron chi connectivity index (χ4n) is 2.73. The van der Waals surface area contributed by atoms with E-state index >= 15 is 0 Å². The number of alkyl halides is 4. The number of nitrogens with zero attached hydrogens (tertiary/aromatic N) is 3. The molecule has 1 N–H and O–H groups in total. The van der Waals surface area contributed by atoms with Gasteiger partial charge in [0.15, 0.2) is 11.8 Å². The molecule has 0 saturated heterocycles. The fourth-order valence-corrected chi connectivity index (χ4v) is 3.99. The average Bonchev–Trinajstić information content (AvgIpc) is 3.25. The number of aromatic amines is 1. The van der Waals surface area contributed by atoms with Gasteiger partial charge in [-0.25, -0.2) is 4.98 Å². The highest BCUT2D eigenvalue weighted by molar-refractivity contribution is 7.84. The molecule has 12 heteroatoms. The molecule has 0 fully saturated rings. The van der Waals surface area contributed by atoms with Crippen LogP contribution in [0.2, 0.25) is 0 Å². The van der Waals surface area contributed by atoms with Gasteiger partial charge in [0.25, 0.3) is 0 Å². The number of nitrogens with one attached hydrogen (secondary N) is 1. The lowest BCUT2D eigenvalue weighted by atomic mass is 10.2. The zero-order valence-electron chi connectivity index (χ0n) is 17.9. The van der Waals surface area contributed by atoms with Crippen LogP contribution in [0, 0.1) is 6.92 Å². The van der Waals surface area contributed by atoms with Crippen LogP contribution in [0.1, 0.15) is 17.0 Å². The van der Waals surface area contributed by atoms with Gasteiger partial charge >= 0.3 is 6.18 Å². The number of fused-ring (bicyclic) bond motifs is 1. The summed E-state index contributed by atoms with van der Waals surface area (Å²) in [6.45, 7) is 0.202. The minimum absolute atomic E-state index is 0. The fraction of sp³-hybridized carbons (Fsp3) is 0.227. The van der Waals surface area contributed by atoms with Crippen molar-refractivity contribution in [1.82, 2.24) is 19.9 Å². The maximum Gasteiger partial charge on any atom is 0.422 e. The Balaban J connectivity index is 0.000000386. The van der Waals surface area contributed by atoms with Crippen LogP contribution in [0.15, 0.2) is 66.1 Å². The molecule has 0 aliphatic carbocycles. The number of aromatic nitrogens is 4. The van der Waals surface area contributed by atoms with Crippen LogP contribution in [0.5, 0.6) is 5.75 Å². The molecule has 1 unspecified atom stereocenters. The predicted molar refractivity (Wildman–Crippen MR) is 128 cm³/mol. The number of ether oxygens (including phenoxy) is 1. The smallest absolute Gasteiger partial charge is 0.422 e. The van der Waals surface area contributed by atoms with Crippen LogP contribution in [0.4, 0.5) is 13.2 Å². The molecule has 1 aromatic carbocycles. The number of para-hydroxylation sites is 2. The lowest BCUT2D eigenvalue weighted by Crippen LogP contribution is -2.19. The van der Waals surface area contributed by atoms with Gasteiger partial charge in [0.1, 0.15) is 5.75 Å². The Morgan fingerprint density at radius 2 is 1.79 bits per heavy atom. The molecule has 3 aromatic heterocycles. The molecule has 0 saturated carbocycles. The Bertz CT molecular complexity index is 1190. The average molecular weight is 533 g/mol. The molecule has 0 bridgehead atoms. The van der Waals surface area contributed by atoms with Gasteiger partial charge in [-0.2, -0.15) is 13.2 Å². The van der Waals surface area contributed by atoms with Gasteiger partial charge in [0, 0.05) is 18.0 Å². The molecule has 3 heterocycles. The summed E-state index contributed by atoms with van der Waals surface area (Å²) < 4.78 is 54.2. The third kappa shape index (κ3) is 7.96. The second-order valence-corrected chi connectivity index (χ2v) is 8.42. The van der Waals surface area contributed by atoms with Crippen molar-refractivity contribution >= 4 is 45.8 Å². The highest BCUT2D eigenvalue weighted by atomic mass is 35.5. The first-order chi connectivity index (χ1) is 15.8. The Kier molecular flexibility index (Phi) is 10.3. The third-order valence-electron chi connectivity index (χ3n) is 4.36. The minimum Gasteiger partial charge on any atom is -0.484 e. The van der Waals surface area contributed by atoms with Crippen LogP contribution in [-0.2, 0) is 22.4 Å². The molecule has 0 spiro atoms. The van der Waals surface area contributed by atoms with E-state index in [4.69, 9.17) is 16.3 Å². The Morgan fingerprint density at radius 1 is 1.06 bits per heavy atom. The van der Waals surface area contributed by atoms with E-state index in [0.29, 0.717) is 27.8 Å². The molecule has 4 rings (SSSR count). The van der Waals surface area contributed by atoms with Gasteiger partial charge < -0.3 is 9.72 Å². The molecule has 6 nitrogen and oxygen atoms in total. The van der Waals surface area contributed by atoms with Crippen molar-refractivity contribution in [3.8, 4) is 5.75 Å². The van der Waals surface area contributed by atoms with E-state index in [-0.39, 0.29) is 23.9 Å². The summed E-state index contributed by atoms with van der Waals surface area (Å²) in [4.78, 5) is 15.3. The van der Waals surface area contributed by atoms with Gasteiger partial charge in [0.2, 0.25) is 0 Å². The molecule has 4 aromatic rings. The molecular formula is C22H21Cl2F3N4O2S. The molecule has 0 aliphatic rings. The molecule has 182 valence electrons. The number of hydrogen-bond acceptors (Lipinski definition) is 5. The van der Waals surface area contributed by atoms with Crippen LogP contribution >= 0.6 is 24.0 Å². The van der Waals surface area contributed by atoms with Crippen molar-refractivity contribution in [2.75, 3.05) is 6.61 Å². The first-order valence-corrected chi connectivity index (χ1v) is 11.5. The van der Waals surface area contributed by atoms with Crippen molar-refractivity contribution in [3.05, 3.63) is 77.9 Å². The number of H-pyrrole nitrogens is 1. The van der Waals surface area contributed by atoms with E-state index in [1.54, 1.807) is 19.2 Å². The highest BCUT2D eigenvalue weighted by Gasteiger charge is 2.29. The van der Waals surface area contributed by atoms with E-state index in [9.17, 15) is 17.4 Å². The number of pyridine rings is 2. The summed E-state index contributed by atoms with van der Waals surface area (Å²) in [5, 5.41) is 0.295. The van der Waals surface area contributed by atoms with Gasteiger partial charge in [-0.3, -0.25) is 14.2 Å². The highest BCUT2D eigenvalue weighted by Crippen LogP contribution is 2.24.